The number of amides is 1. The van der Waals surface area contributed by atoms with E-state index >= 15 is 0 Å². The van der Waals surface area contributed by atoms with Crippen LogP contribution in [0.1, 0.15) is 5.56 Å². The molecule has 2 N–H and O–H groups in total. The minimum Gasteiger partial charge on any atom is -0.447 e. The Morgan fingerprint density at radius 3 is 2.89 bits per heavy atom. The first-order valence-corrected chi connectivity index (χ1v) is 5.89. The van der Waals surface area contributed by atoms with Crippen LogP contribution in [0.3, 0.4) is 0 Å². The van der Waals surface area contributed by atoms with Gasteiger partial charge in [0.2, 0.25) is 0 Å². The summed E-state index contributed by atoms with van der Waals surface area (Å²) < 4.78 is 6.40. The van der Waals surface area contributed by atoms with Gasteiger partial charge in [-0.05, 0) is 5.56 Å². The first-order valence-electron chi connectivity index (χ1n) is 5.89. The summed E-state index contributed by atoms with van der Waals surface area (Å²) in [6, 6.07) is 9.89. The molecule has 0 bridgehead atoms. The first-order chi connectivity index (χ1) is 9.28. The number of benzene rings is 1. The summed E-state index contributed by atoms with van der Waals surface area (Å²) in [6.07, 6.45) is 2.66. The molecular formula is C13H15N3O3. The number of aromatic nitrogens is 2. The summed E-state index contributed by atoms with van der Waals surface area (Å²) in [6.45, 7) is 0.416. The van der Waals surface area contributed by atoms with Gasteiger partial charge in [-0.25, -0.2) is 4.79 Å². The molecule has 2 aromatic rings. The molecule has 0 saturated carbocycles. The third-order valence-electron chi connectivity index (χ3n) is 2.39. The van der Waals surface area contributed by atoms with Crippen LogP contribution in [0.5, 0.6) is 0 Å². The van der Waals surface area contributed by atoms with Crippen LogP contribution < -0.4 is 5.32 Å². The Kier molecular flexibility index (Phi) is 4.52. The Hall–Kier alpha value is -2.34. The third kappa shape index (κ3) is 4.11. The number of carbonyl (C=O) groups excluding carboxylic acids is 1. The zero-order valence-corrected chi connectivity index (χ0v) is 10.3. The Morgan fingerprint density at radius 2 is 2.16 bits per heavy atom. The van der Waals surface area contributed by atoms with Gasteiger partial charge in [0.25, 0.3) is 0 Å². The van der Waals surface area contributed by atoms with Crippen LogP contribution >= 0.6 is 0 Å². The normalized spacial score (nSPS) is 10.2. The summed E-state index contributed by atoms with van der Waals surface area (Å²) in [5.74, 6) is 0. The van der Waals surface area contributed by atoms with E-state index in [0.717, 1.165) is 5.56 Å². The summed E-state index contributed by atoms with van der Waals surface area (Å²) in [5, 5.41) is 15.2. The molecule has 0 aliphatic carbocycles. The number of hydrogen-bond acceptors (Lipinski definition) is 4. The summed E-state index contributed by atoms with van der Waals surface area (Å²) in [4.78, 5) is 11.3. The highest BCUT2D eigenvalue weighted by Crippen LogP contribution is 2.08. The van der Waals surface area contributed by atoms with Gasteiger partial charge in [-0.2, -0.15) is 5.10 Å². The maximum absolute atomic E-state index is 11.3. The second kappa shape index (κ2) is 6.55. The number of aliphatic hydroxyl groups is 1. The Morgan fingerprint density at radius 1 is 1.37 bits per heavy atom. The van der Waals surface area contributed by atoms with Gasteiger partial charge in [0.05, 0.1) is 25.0 Å². The van der Waals surface area contributed by atoms with E-state index in [4.69, 9.17) is 5.11 Å². The van der Waals surface area contributed by atoms with Crippen LogP contribution in [0.15, 0.2) is 42.7 Å². The van der Waals surface area contributed by atoms with Crippen molar-refractivity contribution in [3.63, 3.8) is 0 Å². The molecule has 19 heavy (non-hydrogen) atoms. The number of anilines is 1. The van der Waals surface area contributed by atoms with Crippen LogP contribution in [0.4, 0.5) is 10.5 Å². The number of nitrogens with one attached hydrogen (secondary N) is 1. The van der Waals surface area contributed by atoms with Crippen LogP contribution in [0.2, 0.25) is 0 Å². The van der Waals surface area contributed by atoms with Crippen molar-refractivity contribution in [3.05, 3.63) is 48.3 Å². The fourth-order valence-corrected chi connectivity index (χ4v) is 1.58. The highest BCUT2D eigenvalue weighted by atomic mass is 16.6. The maximum Gasteiger partial charge on any atom is 0.411 e. The molecule has 6 nitrogen and oxygen atoms in total. The lowest BCUT2D eigenvalue weighted by atomic mass is 10.2. The lowest BCUT2D eigenvalue weighted by Crippen LogP contribution is -2.15. The van der Waals surface area contributed by atoms with Crippen LogP contribution in [0.25, 0.3) is 0 Å². The lowest BCUT2D eigenvalue weighted by molar-refractivity contribution is 0.131. The molecular weight excluding hydrogens is 246 g/mol. The summed E-state index contributed by atoms with van der Waals surface area (Å²) in [7, 11) is 0. The van der Waals surface area contributed by atoms with E-state index in [1.165, 1.54) is 0 Å². The van der Waals surface area contributed by atoms with E-state index in [-0.39, 0.29) is 13.2 Å². The SMILES string of the molecule is O=C(Nc1cnn(Cc2ccccc2)c1)OCCO. The topological polar surface area (TPSA) is 76.4 Å². The molecule has 0 aliphatic rings. The van der Waals surface area contributed by atoms with Crippen molar-refractivity contribution < 1.29 is 14.6 Å². The summed E-state index contributed by atoms with van der Waals surface area (Å²) in [5.41, 5.74) is 1.68. The number of aliphatic hydroxyl groups excluding tert-OH is 1. The Balaban J connectivity index is 1.90. The third-order valence-corrected chi connectivity index (χ3v) is 2.39. The molecule has 1 aromatic carbocycles. The zero-order valence-electron chi connectivity index (χ0n) is 10.3. The molecule has 6 heteroatoms. The minimum atomic E-state index is -0.603. The van der Waals surface area contributed by atoms with Crippen molar-refractivity contribution >= 4 is 11.8 Å². The smallest absolute Gasteiger partial charge is 0.411 e. The van der Waals surface area contributed by atoms with E-state index in [1.54, 1.807) is 17.1 Å². The second-order valence-electron chi connectivity index (χ2n) is 3.90. The molecule has 1 amide bonds. The number of hydrogen-bond donors (Lipinski definition) is 2. The standard InChI is InChI=1S/C13H15N3O3/c17-6-7-19-13(18)15-12-8-14-16(10-12)9-11-4-2-1-3-5-11/h1-5,8,10,17H,6-7,9H2,(H,15,18). The van der Waals surface area contributed by atoms with E-state index in [2.05, 4.69) is 15.2 Å². The van der Waals surface area contributed by atoms with Gasteiger partial charge in [0.1, 0.15) is 6.61 Å². The largest absolute Gasteiger partial charge is 0.447 e. The van der Waals surface area contributed by atoms with Gasteiger partial charge < -0.3 is 9.84 Å². The molecule has 0 saturated heterocycles. The number of nitrogens with zero attached hydrogens (tertiary/aromatic N) is 2. The fourth-order valence-electron chi connectivity index (χ4n) is 1.58. The maximum atomic E-state index is 11.3. The Labute approximate surface area is 110 Å². The van der Waals surface area contributed by atoms with Crippen molar-refractivity contribution in [1.29, 1.82) is 0 Å². The fraction of sp³-hybridized carbons (Fsp3) is 0.231. The molecule has 0 atom stereocenters. The average Bonchev–Trinajstić information content (AvgIpc) is 2.85. The van der Waals surface area contributed by atoms with Crippen molar-refractivity contribution in [3.8, 4) is 0 Å². The quantitative estimate of drug-likeness (QED) is 0.854. The molecule has 2 rings (SSSR count). The molecule has 0 spiro atoms. The average molecular weight is 261 g/mol. The monoisotopic (exact) mass is 261 g/mol. The summed E-state index contributed by atoms with van der Waals surface area (Å²) >= 11 is 0. The number of carbonyl (C=O) groups is 1. The molecule has 0 unspecified atom stereocenters. The van der Waals surface area contributed by atoms with Crippen LogP contribution in [-0.2, 0) is 11.3 Å². The highest BCUT2D eigenvalue weighted by Gasteiger charge is 2.05. The molecule has 1 heterocycles. The van der Waals surface area contributed by atoms with E-state index < -0.39 is 6.09 Å². The van der Waals surface area contributed by atoms with Gasteiger partial charge in [0.15, 0.2) is 0 Å². The molecule has 100 valence electrons. The second-order valence-corrected chi connectivity index (χ2v) is 3.90. The van der Waals surface area contributed by atoms with Crippen molar-refractivity contribution in [2.45, 2.75) is 6.54 Å². The predicted octanol–water partition coefficient (Wildman–Crippen LogP) is 1.47. The lowest BCUT2D eigenvalue weighted by Gasteiger charge is -2.03. The van der Waals surface area contributed by atoms with Gasteiger partial charge in [0, 0.05) is 6.20 Å². The number of ether oxygens (including phenoxy) is 1. The minimum absolute atomic E-state index is 0.0238. The van der Waals surface area contributed by atoms with Crippen molar-refractivity contribution in [2.24, 2.45) is 0 Å². The van der Waals surface area contributed by atoms with E-state index in [1.807, 2.05) is 30.3 Å². The van der Waals surface area contributed by atoms with Crippen molar-refractivity contribution in [2.75, 3.05) is 18.5 Å². The van der Waals surface area contributed by atoms with Crippen LogP contribution in [0, 0.1) is 0 Å². The zero-order chi connectivity index (χ0) is 13.5. The van der Waals surface area contributed by atoms with Crippen LogP contribution in [-0.4, -0.2) is 34.2 Å². The highest BCUT2D eigenvalue weighted by molar-refractivity contribution is 5.84. The Bertz CT molecular complexity index is 525. The number of rotatable bonds is 5. The van der Waals surface area contributed by atoms with Crippen molar-refractivity contribution in [1.82, 2.24) is 9.78 Å². The molecule has 0 radical (unpaired) electrons. The van der Waals surface area contributed by atoms with E-state index in [0.29, 0.717) is 12.2 Å². The molecule has 0 fully saturated rings. The molecule has 0 aliphatic heterocycles. The predicted molar refractivity (Wildman–Crippen MR) is 69.8 cm³/mol. The van der Waals surface area contributed by atoms with Gasteiger partial charge in [-0.15, -0.1) is 0 Å². The van der Waals surface area contributed by atoms with E-state index in [9.17, 15) is 4.79 Å². The first kappa shape index (κ1) is 13.1. The molecule has 1 aromatic heterocycles. The van der Waals surface area contributed by atoms with Gasteiger partial charge in [-0.1, -0.05) is 30.3 Å². The van der Waals surface area contributed by atoms with Gasteiger partial charge >= 0.3 is 6.09 Å². The van der Waals surface area contributed by atoms with Gasteiger partial charge in [-0.3, -0.25) is 10.00 Å².